The number of phosphoric acid groups is 1. The summed E-state index contributed by atoms with van der Waals surface area (Å²) in [5.74, 6) is -0.804. The van der Waals surface area contributed by atoms with Crippen LogP contribution in [0.25, 0.3) is 0 Å². The number of esters is 2. The maximum Gasteiger partial charge on any atom is 0.306 e. The Kier molecular flexibility index (Phi) is 77.9. The van der Waals surface area contributed by atoms with Gasteiger partial charge in [-0.15, -0.1) is 0 Å². The molecule has 0 fully saturated rings. The number of phosphoric ester groups is 1. The number of carbonyl (C=O) groups is 2. The fourth-order valence-electron chi connectivity index (χ4n) is 13.5. The maximum absolute atomic E-state index is 12.9. The molecule has 0 rings (SSSR count). The van der Waals surface area contributed by atoms with Gasteiger partial charge in [0.05, 0.1) is 27.7 Å². The third-order valence-corrected chi connectivity index (χ3v) is 21.1. The molecule has 0 amide bonds. The Morgan fingerprint density at radius 3 is 0.816 bits per heavy atom. The zero-order valence-corrected chi connectivity index (χ0v) is 67.4. The lowest BCUT2D eigenvalue weighted by molar-refractivity contribution is -0.870. The second-order valence-corrected chi connectivity index (χ2v) is 32.7. The van der Waals surface area contributed by atoms with Gasteiger partial charge < -0.3 is 27.9 Å². The van der Waals surface area contributed by atoms with E-state index in [1.807, 2.05) is 21.1 Å². The van der Waals surface area contributed by atoms with Crippen LogP contribution in [0.2, 0.25) is 0 Å². The highest BCUT2D eigenvalue weighted by Gasteiger charge is 2.22. The van der Waals surface area contributed by atoms with E-state index < -0.39 is 26.5 Å². The van der Waals surface area contributed by atoms with Crippen LogP contribution in [0, 0.1) is 0 Å². The molecule has 0 bridgehead atoms. The zero-order valence-electron chi connectivity index (χ0n) is 66.5. The molecule has 0 aliphatic carbocycles. The van der Waals surface area contributed by atoms with Crippen LogP contribution in [0.4, 0.5) is 0 Å². The first-order valence-corrected chi connectivity index (χ1v) is 45.2. The number of unbranched alkanes of at least 4 members (excludes halogenated alkanes) is 63. The molecule has 2 atom stereocenters. The average Bonchev–Trinajstić information content (AvgIpc) is 1.08. The van der Waals surface area contributed by atoms with Gasteiger partial charge in [-0.1, -0.05) is 436 Å². The van der Waals surface area contributed by atoms with Crippen LogP contribution < -0.4 is 4.89 Å². The van der Waals surface area contributed by atoms with E-state index in [0.29, 0.717) is 17.4 Å². The summed E-state index contributed by atoms with van der Waals surface area (Å²) in [5, 5.41) is 0. The number of likely N-dealkylation sites (N-methyl/N-ethyl adjacent to an activating group) is 1. The molecule has 0 radical (unpaired) electrons. The Bertz CT molecular complexity index is 1740. The van der Waals surface area contributed by atoms with E-state index in [2.05, 4.69) is 50.3 Å². The first-order chi connectivity index (χ1) is 48.0. The van der Waals surface area contributed by atoms with Crippen molar-refractivity contribution in [2.75, 3.05) is 47.5 Å². The van der Waals surface area contributed by atoms with E-state index in [1.54, 1.807) is 0 Å². The minimum Gasteiger partial charge on any atom is -0.756 e. The number of ether oxygens (including phenoxy) is 2. The minimum atomic E-state index is -4.64. The van der Waals surface area contributed by atoms with Gasteiger partial charge in [0.15, 0.2) is 6.10 Å². The smallest absolute Gasteiger partial charge is 0.306 e. The Morgan fingerprint density at radius 1 is 0.316 bits per heavy atom. The van der Waals surface area contributed by atoms with Gasteiger partial charge in [0, 0.05) is 12.8 Å². The van der Waals surface area contributed by atoms with Crippen molar-refractivity contribution >= 4 is 19.8 Å². The van der Waals surface area contributed by atoms with Crippen molar-refractivity contribution in [3.8, 4) is 0 Å². The van der Waals surface area contributed by atoms with E-state index >= 15 is 0 Å². The number of allylic oxidation sites excluding steroid dienone is 6. The van der Waals surface area contributed by atoms with E-state index in [-0.39, 0.29) is 32.0 Å². The highest BCUT2D eigenvalue weighted by atomic mass is 31.2. The normalized spacial score (nSPS) is 13.1. The van der Waals surface area contributed by atoms with Crippen LogP contribution in [0.1, 0.15) is 463 Å². The summed E-state index contributed by atoms with van der Waals surface area (Å²) in [6.45, 7) is 4.32. The van der Waals surface area contributed by atoms with Crippen LogP contribution in [0.5, 0.6) is 0 Å². The lowest BCUT2D eigenvalue weighted by Gasteiger charge is -2.28. The van der Waals surface area contributed by atoms with Gasteiger partial charge in [-0.2, -0.15) is 0 Å². The first-order valence-electron chi connectivity index (χ1n) is 43.7. The van der Waals surface area contributed by atoms with Gasteiger partial charge in [0.1, 0.15) is 19.8 Å². The van der Waals surface area contributed by atoms with Crippen molar-refractivity contribution in [3.63, 3.8) is 0 Å². The molecular formula is C88H170NO8P. The lowest BCUT2D eigenvalue weighted by Crippen LogP contribution is -2.37. The molecule has 0 aromatic heterocycles. The molecule has 9 nitrogen and oxygen atoms in total. The maximum atomic E-state index is 12.9. The second kappa shape index (κ2) is 79.3. The van der Waals surface area contributed by atoms with Crippen LogP contribution in [-0.2, 0) is 32.7 Å². The lowest BCUT2D eigenvalue weighted by atomic mass is 10.0. The van der Waals surface area contributed by atoms with E-state index in [9.17, 15) is 19.0 Å². The fourth-order valence-corrected chi connectivity index (χ4v) is 14.2. The molecular weight excluding hydrogens is 1230 g/mol. The van der Waals surface area contributed by atoms with Crippen molar-refractivity contribution in [1.29, 1.82) is 0 Å². The molecule has 2 unspecified atom stereocenters. The average molecular weight is 1400 g/mol. The molecule has 0 aliphatic heterocycles. The number of quaternary nitrogens is 1. The van der Waals surface area contributed by atoms with Crippen LogP contribution in [-0.4, -0.2) is 70.0 Å². The molecule has 98 heavy (non-hydrogen) atoms. The monoisotopic (exact) mass is 1400 g/mol. The summed E-state index contributed by atoms with van der Waals surface area (Å²) in [6.07, 6.45) is 105. The quantitative estimate of drug-likeness (QED) is 0.0195. The largest absolute Gasteiger partial charge is 0.756 e. The Morgan fingerprint density at radius 2 is 0.551 bits per heavy atom. The van der Waals surface area contributed by atoms with Crippen molar-refractivity contribution in [2.45, 2.75) is 469 Å². The Balaban J connectivity index is 3.86. The fraction of sp³-hybridized carbons (Fsp3) is 0.909. The number of hydrogen-bond donors (Lipinski definition) is 0. The summed E-state index contributed by atoms with van der Waals surface area (Å²) >= 11 is 0. The topological polar surface area (TPSA) is 111 Å². The Labute approximate surface area is 612 Å². The molecule has 580 valence electrons. The highest BCUT2D eigenvalue weighted by molar-refractivity contribution is 7.45. The standard InChI is InChI=1S/C88H170NO8P/c1-6-8-10-12-14-16-18-20-22-24-26-28-30-32-34-36-38-40-42-44-46-48-50-52-54-56-58-60-62-64-66-68-70-72-74-76-78-80-87(90)94-84-86(85-96-98(92,93)95-83-82-89(3,4)5)97-88(91)81-79-77-75-73-71-69-67-65-63-61-59-57-55-53-51-49-47-45-43-41-39-37-35-33-31-29-27-25-23-21-19-17-15-13-11-9-7-2/h19,21,25,27,31,33,86H,6-18,20,22-24,26,28-30,32,34-85H2,1-5H3/b21-19-,27-25-,33-31-. The molecule has 0 saturated heterocycles. The van der Waals surface area contributed by atoms with Crippen LogP contribution >= 0.6 is 7.82 Å². The SMILES string of the molecule is CCCCCCC/C=C\C/C=C\C/C=C\CCCCCCCCCCCCCCCCCCCCCCCCC(=O)OC(COC(=O)CCCCCCCCCCCCCCCCCCCCCCCCCCCCCCCCCCCCCCC)COP(=O)([O-])OCC[N+](C)(C)C. The molecule has 0 N–H and O–H groups in total. The van der Waals surface area contributed by atoms with Gasteiger partial charge in [0.25, 0.3) is 7.82 Å². The third-order valence-electron chi connectivity index (χ3n) is 20.2. The second-order valence-electron chi connectivity index (χ2n) is 31.3. The summed E-state index contributed by atoms with van der Waals surface area (Å²) in [6, 6.07) is 0. The predicted octanol–water partition coefficient (Wildman–Crippen LogP) is 28.7. The number of rotatable bonds is 83. The summed E-state index contributed by atoms with van der Waals surface area (Å²) in [5.41, 5.74) is 0. The van der Waals surface area contributed by atoms with Crippen molar-refractivity contribution < 1.29 is 42.1 Å². The van der Waals surface area contributed by atoms with E-state index in [4.69, 9.17) is 18.5 Å². The Hall–Kier alpha value is -1.77. The summed E-state index contributed by atoms with van der Waals surface area (Å²) in [7, 11) is 1.19. The molecule has 0 aromatic carbocycles. The molecule has 10 heteroatoms. The summed E-state index contributed by atoms with van der Waals surface area (Å²) < 4.78 is 34.5. The number of nitrogens with zero attached hydrogens (tertiary/aromatic N) is 1. The van der Waals surface area contributed by atoms with Gasteiger partial charge >= 0.3 is 11.9 Å². The van der Waals surface area contributed by atoms with Crippen LogP contribution in [0.3, 0.4) is 0 Å². The molecule has 0 aromatic rings. The minimum absolute atomic E-state index is 0.0268. The number of hydrogen-bond acceptors (Lipinski definition) is 8. The van der Waals surface area contributed by atoms with Gasteiger partial charge in [-0.3, -0.25) is 14.2 Å². The van der Waals surface area contributed by atoms with E-state index in [1.165, 1.54) is 385 Å². The van der Waals surface area contributed by atoms with Gasteiger partial charge in [-0.25, -0.2) is 0 Å². The zero-order chi connectivity index (χ0) is 71.1. The molecule has 0 spiro atoms. The van der Waals surface area contributed by atoms with Crippen LogP contribution in [0.15, 0.2) is 36.5 Å². The van der Waals surface area contributed by atoms with Crippen molar-refractivity contribution in [1.82, 2.24) is 0 Å². The van der Waals surface area contributed by atoms with Gasteiger partial charge in [0.2, 0.25) is 0 Å². The predicted molar refractivity (Wildman–Crippen MR) is 425 cm³/mol. The summed E-state index contributed by atoms with van der Waals surface area (Å²) in [4.78, 5) is 38.2. The highest BCUT2D eigenvalue weighted by Crippen LogP contribution is 2.38. The third kappa shape index (κ3) is 83.2. The van der Waals surface area contributed by atoms with Crippen molar-refractivity contribution in [3.05, 3.63) is 36.5 Å². The molecule has 0 aliphatic rings. The molecule has 0 saturated carbocycles. The molecule has 0 heterocycles. The van der Waals surface area contributed by atoms with E-state index in [0.717, 1.165) is 44.9 Å². The first kappa shape index (κ1) is 96.2. The van der Waals surface area contributed by atoms with Crippen molar-refractivity contribution in [2.24, 2.45) is 0 Å². The number of carbonyl (C=O) groups excluding carboxylic acids is 2. The van der Waals surface area contributed by atoms with Gasteiger partial charge in [-0.05, 0) is 51.4 Å².